The van der Waals surface area contributed by atoms with Gasteiger partial charge in [0.2, 0.25) is 0 Å². The molecule has 21 heavy (non-hydrogen) atoms. The van der Waals surface area contributed by atoms with Gasteiger partial charge in [0.25, 0.3) is 0 Å². The summed E-state index contributed by atoms with van der Waals surface area (Å²) >= 11 is 3.49. The van der Waals surface area contributed by atoms with Crippen LogP contribution in [-0.4, -0.2) is 24.1 Å². The zero-order valence-electron chi connectivity index (χ0n) is 12.6. The van der Waals surface area contributed by atoms with Gasteiger partial charge >= 0.3 is 5.97 Å². The van der Waals surface area contributed by atoms with Crippen LogP contribution in [0.5, 0.6) is 0 Å². The summed E-state index contributed by atoms with van der Waals surface area (Å²) in [5.41, 5.74) is 2.23. The number of H-pyrrole nitrogens is 1. The molecule has 0 saturated carbocycles. The van der Waals surface area contributed by atoms with Crippen LogP contribution in [0.1, 0.15) is 25.8 Å². The van der Waals surface area contributed by atoms with Crippen LogP contribution < -0.4 is 5.32 Å². The van der Waals surface area contributed by atoms with Crippen LogP contribution in [-0.2, 0) is 16.1 Å². The maximum Gasteiger partial charge on any atom is 0.322 e. The summed E-state index contributed by atoms with van der Waals surface area (Å²) in [6, 6.07) is 5.85. The van der Waals surface area contributed by atoms with Gasteiger partial charge in [0.15, 0.2) is 0 Å². The van der Waals surface area contributed by atoms with Gasteiger partial charge in [0.1, 0.15) is 6.04 Å². The van der Waals surface area contributed by atoms with Crippen LogP contribution in [0.2, 0.25) is 0 Å². The van der Waals surface area contributed by atoms with Crippen molar-refractivity contribution < 1.29 is 9.53 Å². The molecule has 1 unspecified atom stereocenters. The number of hydrogen-bond acceptors (Lipinski definition) is 3. The molecule has 0 saturated heterocycles. The van der Waals surface area contributed by atoms with Crippen molar-refractivity contribution in [2.45, 2.75) is 32.9 Å². The van der Waals surface area contributed by atoms with Crippen LogP contribution in [0.25, 0.3) is 10.9 Å². The first-order chi connectivity index (χ1) is 10.0. The minimum absolute atomic E-state index is 0.204. The number of halogens is 1. The first kappa shape index (κ1) is 16.0. The summed E-state index contributed by atoms with van der Waals surface area (Å²) in [7, 11) is 1.43. The van der Waals surface area contributed by atoms with Gasteiger partial charge in [-0.2, -0.15) is 0 Å². The molecule has 0 bridgehead atoms. The van der Waals surface area contributed by atoms with Gasteiger partial charge < -0.3 is 15.0 Å². The molecule has 5 heteroatoms. The largest absolute Gasteiger partial charge is 0.468 e. The molecule has 0 spiro atoms. The van der Waals surface area contributed by atoms with E-state index in [9.17, 15) is 4.79 Å². The zero-order valence-corrected chi connectivity index (χ0v) is 14.2. The van der Waals surface area contributed by atoms with Crippen molar-refractivity contribution in [2.75, 3.05) is 7.11 Å². The van der Waals surface area contributed by atoms with Crippen molar-refractivity contribution in [2.24, 2.45) is 5.92 Å². The minimum Gasteiger partial charge on any atom is -0.468 e. The third-order valence-corrected chi connectivity index (χ3v) is 3.95. The SMILES string of the molecule is COC(=O)C(CC(C)C)NCc1c[nH]c2ccc(Br)cc12. The summed E-state index contributed by atoms with van der Waals surface area (Å²) in [5, 5.41) is 4.46. The Balaban J connectivity index is 2.11. The maximum atomic E-state index is 11.8. The van der Waals surface area contributed by atoms with Crippen LogP contribution >= 0.6 is 15.9 Å². The molecule has 1 aromatic carbocycles. The third-order valence-electron chi connectivity index (χ3n) is 3.46. The van der Waals surface area contributed by atoms with Gasteiger partial charge in [-0.1, -0.05) is 29.8 Å². The monoisotopic (exact) mass is 352 g/mol. The van der Waals surface area contributed by atoms with Crippen molar-refractivity contribution in [3.63, 3.8) is 0 Å². The highest BCUT2D eigenvalue weighted by Gasteiger charge is 2.20. The lowest BCUT2D eigenvalue weighted by Crippen LogP contribution is -2.38. The molecule has 0 aliphatic carbocycles. The predicted molar refractivity (Wildman–Crippen MR) is 88.1 cm³/mol. The number of methoxy groups -OCH3 is 1. The van der Waals surface area contributed by atoms with Gasteiger partial charge in [0.05, 0.1) is 7.11 Å². The van der Waals surface area contributed by atoms with E-state index in [0.29, 0.717) is 12.5 Å². The van der Waals surface area contributed by atoms with E-state index in [2.05, 4.69) is 46.1 Å². The van der Waals surface area contributed by atoms with E-state index in [1.54, 1.807) is 0 Å². The lowest BCUT2D eigenvalue weighted by atomic mass is 10.0. The smallest absolute Gasteiger partial charge is 0.322 e. The molecule has 0 amide bonds. The summed E-state index contributed by atoms with van der Waals surface area (Å²) in [6.45, 7) is 4.82. The lowest BCUT2D eigenvalue weighted by Gasteiger charge is -2.18. The number of aromatic amines is 1. The molecule has 2 rings (SSSR count). The number of aromatic nitrogens is 1. The Hall–Kier alpha value is -1.33. The van der Waals surface area contributed by atoms with Gasteiger partial charge in [-0.05, 0) is 36.1 Å². The van der Waals surface area contributed by atoms with Crippen LogP contribution in [0, 0.1) is 5.92 Å². The van der Waals surface area contributed by atoms with E-state index in [-0.39, 0.29) is 12.0 Å². The maximum absolute atomic E-state index is 11.8. The Kier molecular flexibility index (Phi) is 5.42. The fraction of sp³-hybridized carbons (Fsp3) is 0.438. The van der Waals surface area contributed by atoms with Crippen LogP contribution in [0.15, 0.2) is 28.9 Å². The van der Waals surface area contributed by atoms with Crippen molar-refractivity contribution in [3.05, 3.63) is 34.4 Å². The number of nitrogens with one attached hydrogen (secondary N) is 2. The highest BCUT2D eigenvalue weighted by Crippen LogP contribution is 2.22. The molecular formula is C16H21BrN2O2. The number of ether oxygens (including phenoxy) is 1. The van der Waals surface area contributed by atoms with E-state index in [4.69, 9.17) is 4.74 Å². The van der Waals surface area contributed by atoms with Crippen molar-refractivity contribution in [1.29, 1.82) is 0 Å². The number of carbonyl (C=O) groups excluding carboxylic acids is 1. The van der Waals surface area contributed by atoms with E-state index < -0.39 is 0 Å². The Morgan fingerprint density at radius 2 is 2.19 bits per heavy atom. The molecule has 1 aromatic heterocycles. The van der Waals surface area contributed by atoms with E-state index in [1.165, 1.54) is 7.11 Å². The molecule has 0 radical (unpaired) electrons. The Morgan fingerprint density at radius 1 is 1.43 bits per heavy atom. The molecule has 2 aromatic rings. The summed E-state index contributed by atoms with van der Waals surface area (Å²) < 4.78 is 5.92. The fourth-order valence-corrected chi connectivity index (χ4v) is 2.77. The van der Waals surface area contributed by atoms with Gasteiger partial charge in [-0.3, -0.25) is 4.79 Å². The fourth-order valence-electron chi connectivity index (χ4n) is 2.41. The molecule has 1 heterocycles. The molecule has 114 valence electrons. The molecule has 4 nitrogen and oxygen atoms in total. The minimum atomic E-state index is -0.271. The number of benzene rings is 1. The predicted octanol–water partition coefficient (Wildman–Crippen LogP) is 3.61. The van der Waals surface area contributed by atoms with Crippen LogP contribution in [0.3, 0.4) is 0 Å². The molecular weight excluding hydrogens is 332 g/mol. The molecule has 2 N–H and O–H groups in total. The molecule has 0 fully saturated rings. The Morgan fingerprint density at radius 3 is 2.86 bits per heavy atom. The second-order valence-corrected chi connectivity index (χ2v) is 6.51. The Labute approximate surface area is 133 Å². The normalized spacial score (nSPS) is 12.8. The first-order valence-electron chi connectivity index (χ1n) is 7.08. The average molecular weight is 353 g/mol. The number of carbonyl (C=O) groups is 1. The van der Waals surface area contributed by atoms with Crippen LogP contribution in [0.4, 0.5) is 0 Å². The number of fused-ring (bicyclic) bond motifs is 1. The quantitative estimate of drug-likeness (QED) is 0.780. The first-order valence-corrected chi connectivity index (χ1v) is 7.87. The number of esters is 1. The second-order valence-electron chi connectivity index (χ2n) is 5.59. The molecule has 1 atom stereocenters. The van der Waals surface area contributed by atoms with Gasteiger partial charge in [-0.25, -0.2) is 0 Å². The molecule has 0 aliphatic rings. The number of rotatable bonds is 6. The third kappa shape index (κ3) is 4.08. The lowest BCUT2D eigenvalue weighted by molar-refractivity contribution is -0.143. The number of hydrogen-bond donors (Lipinski definition) is 2. The topological polar surface area (TPSA) is 54.1 Å². The summed E-state index contributed by atoms with van der Waals surface area (Å²) in [5.74, 6) is 0.225. The highest BCUT2D eigenvalue weighted by atomic mass is 79.9. The van der Waals surface area contributed by atoms with E-state index in [0.717, 1.165) is 27.4 Å². The second kappa shape index (κ2) is 7.09. The van der Waals surface area contributed by atoms with Crippen molar-refractivity contribution >= 4 is 32.8 Å². The highest BCUT2D eigenvalue weighted by molar-refractivity contribution is 9.10. The van der Waals surface area contributed by atoms with Crippen molar-refractivity contribution in [1.82, 2.24) is 10.3 Å². The van der Waals surface area contributed by atoms with Gasteiger partial charge in [0, 0.05) is 28.1 Å². The average Bonchev–Trinajstić information content (AvgIpc) is 2.84. The van der Waals surface area contributed by atoms with Gasteiger partial charge in [-0.15, -0.1) is 0 Å². The summed E-state index contributed by atoms with van der Waals surface area (Å²) in [6.07, 6.45) is 2.74. The summed E-state index contributed by atoms with van der Waals surface area (Å²) in [4.78, 5) is 15.1. The van der Waals surface area contributed by atoms with Crippen molar-refractivity contribution in [3.8, 4) is 0 Å². The molecule has 0 aliphatic heterocycles. The standard InChI is InChI=1S/C16H21BrN2O2/c1-10(2)6-15(16(20)21-3)19-9-11-8-18-14-5-4-12(17)7-13(11)14/h4-5,7-8,10,15,18-19H,6,9H2,1-3H3. The van der Waals surface area contributed by atoms with E-state index in [1.807, 2.05) is 18.3 Å². The van der Waals surface area contributed by atoms with E-state index >= 15 is 0 Å². The Bertz CT molecular complexity index is 622. The zero-order chi connectivity index (χ0) is 15.4.